The molecule has 0 fully saturated rings. The first-order chi connectivity index (χ1) is 11.0. The van der Waals surface area contributed by atoms with Crippen molar-refractivity contribution in [3.8, 4) is 0 Å². The normalized spacial score (nSPS) is 17.9. The van der Waals surface area contributed by atoms with Gasteiger partial charge in [-0.1, -0.05) is 30.7 Å². The number of urea groups is 1. The molecule has 3 N–H and O–H groups in total. The molecule has 0 heterocycles. The summed E-state index contributed by atoms with van der Waals surface area (Å²) in [6.07, 6.45) is 4.19. The molecule has 1 atom stereocenters. The highest BCUT2D eigenvalue weighted by molar-refractivity contribution is 7.89. The van der Waals surface area contributed by atoms with E-state index < -0.39 is 10.0 Å². The number of fused-ring (bicyclic) bond motifs is 1. The van der Waals surface area contributed by atoms with Crippen molar-refractivity contribution in [2.24, 2.45) is 0 Å². The van der Waals surface area contributed by atoms with E-state index >= 15 is 0 Å². The Morgan fingerprint density at radius 2 is 2.00 bits per heavy atom. The van der Waals surface area contributed by atoms with Crippen LogP contribution in [0.3, 0.4) is 0 Å². The third-order valence-corrected chi connectivity index (χ3v) is 5.44. The minimum atomic E-state index is -3.21. The molecule has 0 spiro atoms. The maximum absolute atomic E-state index is 12.0. The summed E-state index contributed by atoms with van der Waals surface area (Å²) in [7, 11) is -3.21. The Hall–Kier alpha value is -1.60. The molecular weight excluding hydrogens is 314 g/mol. The molecule has 1 unspecified atom stereocenters. The molecule has 6 nitrogen and oxygen atoms in total. The number of benzene rings is 1. The summed E-state index contributed by atoms with van der Waals surface area (Å²) in [4.78, 5) is 12.0. The summed E-state index contributed by atoms with van der Waals surface area (Å²) < 4.78 is 25.0. The smallest absolute Gasteiger partial charge is 0.315 e. The van der Waals surface area contributed by atoms with Crippen LogP contribution < -0.4 is 15.4 Å². The first-order valence-electron chi connectivity index (χ1n) is 8.11. The van der Waals surface area contributed by atoms with Gasteiger partial charge in [-0.05, 0) is 37.3 Å². The Morgan fingerprint density at radius 3 is 2.78 bits per heavy atom. The predicted molar refractivity (Wildman–Crippen MR) is 90.7 cm³/mol. The predicted octanol–water partition coefficient (Wildman–Crippen LogP) is 1.69. The molecule has 1 aromatic carbocycles. The van der Waals surface area contributed by atoms with Crippen LogP contribution in [0.25, 0.3) is 0 Å². The zero-order valence-electron chi connectivity index (χ0n) is 13.5. The van der Waals surface area contributed by atoms with Gasteiger partial charge in [-0.2, -0.15) is 0 Å². The molecule has 2 amide bonds. The number of aryl methyl sites for hydroxylation is 1. The summed E-state index contributed by atoms with van der Waals surface area (Å²) in [6, 6.07) is 7.97. The average molecular weight is 339 g/mol. The number of sulfonamides is 1. The van der Waals surface area contributed by atoms with Crippen molar-refractivity contribution < 1.29 is 13.2 Å². The Kier molecular flexibility index (Phi) is 6.41. The first-order valence-corrected chi connectivity index (χ1v) is 9.76. The highest BCUT2D eigenvalue weighted by Crippen LogP contribution is 2.28. The number of carbonyl (C=O) groups excluding carboxylic acids is 1. The molecule has 23 heavy (non-hydrogen) atoms. The Morgan fingerprint density at radius 1 is 1.22 bits per heavy atom. The van der Waals surface area contributed by atoms with E-state index in [9.17, 15) is 13.2 Å². The number of hydrogen-bond acceptors (Lipinski definition) is 3. The van der Waals surface area contributed by atoms with Gasteiger partial charge >= 0.3 is 6.03 Å². The van der Waals surface area contributed by atoms with Gasteiger partial charge in [-0.3, -0.25) is 0 Å². The van der Waals surface area contributed by atoms with Gasteiger partial charge in [0.1, 0.15) is 0 Å². The largest absolute Gasteiger partial charge is 0.337 e. The molecule has 0 aliphatic heterocycles. The Balaban J connectivity index is 1.83. The average Bonchev–Trinajstić information content (AvgIpc) is 2.74. The topological polar surface area (TPSA) is 87.3 Å². The highest BCUT2D eigenvalue weighted by Gasteiger charge is 2.19. The van der Waals surface area contributed by atoms with Crippen molar-refractivity contribution in [3.05, 3.63) is 35.4 Å². The fraction of sp³-hybridized carbons (Fsp3) is 0.562. The fourth-order valence-corrected chi connectivity index (χ4v) is 3.38. The van der Waals surface area contributed by atoms with E-state index in [-0.39, 0.29) is 30.9 Å². The molecule has 0 saturated heterocycles. The Bertz CT molecular complexity index is 631. The van der Waals surface area contributed by atoms with E-state index in [0.717, 1.165) is 25.7 Å². The van der Waals surface area contributed by atoms with Crippen molar-refractivity contribution in [2.75, 3.05) is 18.8 Å². The van der Waals surface area contributed by atoms with Crippen LogP contribution >= 0.6 is 0 Å². The van der Waals surface area contributed by atoms with Gasteiger partial charge in [-0.15, -0.1) is 0 Å². The van der Waals surface area contributed by atoms with Crippen molar-refractivity contribution in [1.29, 1.82) is 0 Å². The number of amides is 2. The second kappa shape index (κ2) is 8.31. The van der Waals surface area contributed by atoms with Gasteiger partial charge in [0.05, 0.1) is 11.8 Å². The van der Waals surface area contributed by atoms with Crippen LogP contribution in [0.1, 0.15) is 43.4 Å². The fourth-order valence-electron chi connectivity index (χ4n) is 2.77. The molecule has 1 aliphatic carbocycles. The SMILES string of the molecule is CCS(=O)(=O)NCCNC(=O)NC1CCCCc2ccccc21. The molecule has 0 aromatic heterocycles. The molecular formula is C16H25N3O3S. The summed E-state index contributed by atoms with van der Waals surface area (Å²) in [6.45, 7) is 2.04. The summed E-state index contributed by atoms with van der Waals surface area (Å²) in [5.41, 5.74) is 2.48. The van der Waals surface area contributed by atoms with Crippen LogP contribution in [0, 0.1) is 0 Å². The van der Waals surface area contributed by atoms with Crippen LogP contribution in [-0.2, 0) is 16.4 Å². The summed E-state index contributed by atoms with van der Waals surface area (Å²) >= 11 is 0. The minimum Gasteiger partial charge on any atom is -0.337 e. The van der Waals surface area contributed by atoms with E-state index in [2.05, 4.69) is 27.5 Å². The molecule has 0 saturated carbocycles. The maximum atomic E-state index is 12.0. The molecule has 1 aromatic rings. The number of nitrogens with one attached hydrogen (secondary N) is 3. The van der Waals surface area contributed by atoms with Gasteiger partial charge in [-0.25, -0.2) is 17.9 Å². The van der Waals surface area contributed by atoms with E-state index in [1.807, 2.05) is 12.1 Å². The highest BCUT2D eigenvalue weighted by atomic mass is 32.2. The zero-order chi connectivity index (χ0) is 16.7. The number of carbonyl (C=O) groups is 1. The lowest BCUT2D eigenvalue weighted by Crippen LogP contribution is -2.42. The van der Waals surface area contributed by atoms with Crippen LogP contribution in [0.4, 0.5) is 4.79 Å². The lowest BCUT2D eigenvalue weighted by Gasteiger charge is -2.19. The van der Waals surface area contributed by atoms with Crippen LogP contribution in [-0.4, -0.2) is 33.3 Å². The van der Waals surface area contributed by atoms with Crippen molar-refractivity contribution in [2.45, 2.75) is 38.6 Å². The molecule has 0 radical (unpaired) electrons. The van der Waals surface area contributed by atoms with Gasteiger partial charge in [0.2, 0.25) is 10.0 Å². The van der Waals surface area contributed by atoms with Crippen molar-refractivity contribution >= 4 is 16.1 Å². The molecule has 0 bridgehead atoms. The molecule has 1 aliphatic rings. The monoisotopic (exact) mass is 339 g/mol. The third-order valence-electron chi connectivity index (χ3n) is 4.04. The van der Waals surface area contributed by atoms with Crippen LogP contribution in [0.2, 0.25) is 0 Å². The molecule has 2 rings (SSSR count). The quantitative estimate of drug-likeness (QED) is 0.544. The molecule has 128 valence electrons. The minimum absolute atomic E-state index is 0.0148. The second-order valence-electron chi connectivity index (χ2n) is 5.70. The van der Waals surface area contributed by atoms with Crippen LogP contribution in [0.5, 0.6) is 0 Å². The summed E-state index contributed by atoms with van der Waals surface area (Å²) in [5, 5.41) is 5.70. The van der Waals surface area contributed by atoms with Gasteiger partial charge in [0, 0.05) is 13.1 Å². The van der Waals surface area contributed by atoms with E-state index in [4.69, 9.17) is 0 Å². The standard InChI is InChI=1S/C16H25N3O3S/c1-2-23(21,22)18-12-11-17-16(20)19-15-10-6-4-8-13-7-3-5-9-14(13)15/h3,5,7,9,15,18H,2,4,6,8,10-12H2,1H3,(H2,17,19,20). The first kappa shape index (κ1) is 17.7. The summed E-state index contributed by atoms with van der Waals surface area (Å²) in [5.74, 6) is 0.0397. The molecule has 7 heteroatoms. The Labute approximate surface area is 138 Å². The van der Waals surface area contributed by atoms with Gasteiger partial charge in [0.15, 0.2) is 0 Å². The lowest BCUT2D eigenvalue weighted by molar-refractivity contribution is 0.236. The lowest BCUT2D eigenvalue weighted by atomic mass is 9.99. The third kappa shape index (κ3) is 5.51. The second-order valence-corrected chi connectivity index (χ2v) is 7.79. The maximum Gasteiger partial charge on any atom is 0.315 e. The van der Waals surface area contributed by atoms with Gasteiger partial charge in [0.25, 0.3) is 0 Å². The van der Waals surface area contributed by atoms with E-state index in [0.29, 0.717) is 0 Å². The van der Waals surface area contributed by atoms with E-state index in [1.165, 1.54) is 11.1 Å². The number of rotatable bonds is 6. The van der Waals surface area contributed by atoms with E-state index in [1.54, 1.807) is 6.92 Å². The zero-order valence-corrected chi connectivity index (χ0v) is 14.3. The van der Waals surface area contributed by atoms with Crippen LogP contribution in [0.15, 0.2) is 24.3 Å². The van der Waals surface area contributed by atoms with Gasteiger partial charge < -0.3 is 10.6 Å². The number of hydrogen-bond donors (Lipinski definition) is 3. The van der Waals surface area contributed by atoms with Crippen molar-refractivity contribution in [3.63, 3.8) is 0 Å². The van der Waals surface area contributed by atoms with Crippen molar-refractivity contribution in [1.82, 2.24) is 15.4 Å².